The summed E-state index contributed by atoms with van der Waals surface area (Å²) >= 11 is 0. The molecule has 1 atom stereocenters. The minimum atomic E-state index is -0.377. The second kappa shape index (κ2) is 7.66. The Balaban J connectivity index is 1.56. The number of fused-ring (bicyclic) bond motifs is 1. The molecule has 7 nitrogen and oxygen atoms in total. The van der Waals surface area contributed by atoms with Gasteiger partial charge in [0.05, 0.1) is 25.7 Å². The van der Waals surface area contributed by atoms with Gasteiger partial charge in [0.1, 0.15) is 0 Å². The first kappa shape index (κ1) is 18.5. The van der Waals surface area contributed by atoms with E-state index in [0.29, 0.717) is 24.6 Å². The standard InChI is InChI=1S/C21H25N3O4/c1-13-16(14(2)23-21(26)22-13)12-20(25)24-8-3-5-17(24)15-6-7-18-19(11-15)28-10-4-9-27-18/h6-7,11,17H,3-5,8-10,12H2,1-2H3,(H,22,23,26)/t17-/m0/s1. The normalized spacial score (nSPS) is 18.8. The van der Waals surface area contributed by atoms with Crippen LogP contribution < -0.4 is 15.2 Å². The Morgan fingerprint density at radius 2 is 2.00 bits per heavy atom. The van der Waals surface area contributed by atoms with E-state index in [1.54, 1.807) is 6.92 Å². The monoisotopic (exact) mass is 383 g/mol. The number of nitrogens with one attached hydrogen (secondary N) is 1. The number of aryl methyl sites for hydroxylation is 2. The Kier molecular flexibility index (Phi) is 5.07. The third kappa shape index (κ3) is 3.61. The predicted octanol–water partition coefficient (Wildman–Crippen LogP) is 2.45. The van der Waals surface area contributed by atoms with Crippen LogP contribution in [0.25, 0.3) is 0 Å². The number of aromatic nitrogens is 2. The van der Waals surface area contributed by atoms with E-state index in [2.05, 4.69) is 9.97 Å². The molecule has 0 spiro atoms. The van der Waals surface area contributed by atoms with Crippen LogP contribution >= 0.6 is 0 Å². The van der Waals surface area contributed by atoms with E-state index in [0.717, 1.165) is 48.4 Å². The van der Waals surface area contributed by atoms with Crippen LogP contribution in [0, 0.1) is 13.8 Å². The van der Waals surface area contributed by atoms with Crippen molar-refractivity contribution >= 4 is 5.91 Å². The molecule has 7 heteroatoms. The van der Waals surface area contributed by atoms with Gasteiger partial charge in [-0.05, 0) is 44.4 Å². The number of carbonyl (C=O) groups is 1. The fraction of sp³-hybridized carbons (Fsp3) is 0.476. The lowest BCUT2D eigenvalue weighted by atomic mass is 10.0. The number of amides is 1. The maximum absolute atomic E-state index is 13.1. The maximum Gasteiger partial charge on any atom is 0.345 e. The zero-order valence-corrected chi connectivity index (χ0v) is 16.3. The summed E-state index contributed by atoms with van der Waals surface area (Å²) in [5.41, 5.74) is 2.81. The van der Waals surface area contributed by atoms with Gasteiger partial charge in [-0.2, -0.15) is 4.98 Å². The topological polar surface area (TPSA) is 84.5 Å². The Hall–Kier alpha value is -2.83. The van der Waals surface area contributed by atoms with Gasteiger partial charge in [0, 0.05) is 29.9 Å². The molecule has 3 heterocycles. The van der Waals surface area contributed by atoms with Gasteiger partial charge in [0.15, 0.2) is 11.5 Å². The molecule has 0 aliphatic carbocycles. The molecule has 1 fully saturated rings. The van der Waals surface area contributed by atoms with E-state index < -0.39 is 0 Å². The van der Waals surface area contributed by atoms with Crippen LogP contribution in [0.5, 0.6) is 11.5 Å². The zero-order valence-electron chi connectivity index (χ0n) is 16.3. The molecule has 0 bridgehead atoms. The third-order valence-corrected chi connectivity index (χ3v) is 5.51. The summed E-state index contributed by atoms with van der Waals surface area (Å²) in [6, 6.07) is 6.01. The Labute approximate surface area is 163 Å². The molecule has 2 aromatic rings. The van der Waals surface area contributed by atoms with E-state index in [1.807, 2.05) is 30.0 Å². The molecular weight excluding hydrogens is 358 g/mol. The summed E-state index contributed by atoms with van der Waals surface area (Å²) in [5, 5.41) is 0. The lowest BCUT2D eigenvalue weighted by Gasteiger charge is -2.26. The molecular formula is C21H25N3O4. The van der Waals surface area contributed by atoms with Crippen molar-refractivity contribution in [1.29, 1.82) is 0 Å². The van der Waals surface area contributed by atoms with Crippen LogP contribution in [0.4, 0.5) is 0 Å². The number of rotatable bonds is 3. The summed E-state index contributed by atoms with van der Waals surface area (Å²) in [5.74, 6) is 1.57. The van der Waals surface area contributed by atoms with Crippen LogP contribution in [-0.4, -0.2) is 40.5 Å². The predicted molar refractivity (Wildman–Crippen MR) is 104 cm³/mol. The van der Waals surface area contributed by atoms with Gasteiger partial charge in [-0.3, -0.25) is 4.79 Å². The highest BCUT2D eigenvalue weighted by Crippen LogP contribution is 2.38. The number of ether oxygens (including phenoxy) is 2. The summed E-state index contributed by atoms with van der Waals surface area (Å²) in [6.45, 7) is 5.61. The maximum atomic E-state index is 13.1. The third-order valence-electron chi connectivity index (χ3n) is 5.51. The molecule has 148 valence electrons. The van der Waals surface area contributed by atoms with Crippen molar-refractivity contribution in [2.75, 3.05) is 19.8 Å². The van der Waals surface area contributed by atoms with Crippen LogP contribution in [0.15, 0.2) is 23.0 Å². The van der Waals surface area contributed by atoms with Gasteiger partial charge in [0.25, 0.3) is 0 Å². The van der Waals surface area contributed by atoms with Crippen molar-refractivity contribution < 1.29 is 14.3 Å². The van der Waals surface area contributed by atoms with E-state index in [4.69, 9.17) is 9.47 Å². The fourth-order valence-corrected chi connectivity index (χ4v) is 4.07. The molecule has 0 unspecified atom stereocenters. The Morgan fingerprint density at radius 1 is 1.21 bits per heavy atom. The molecule has 1 aromatic carbocycles. The minimum Gasteiger partial charge on any atom is -0.490 e. The highest BCUT2D eigenvalue weighted by atomic mass is 16.5. The van der Waals surface area contributed by atoms with Gasteiger partial charge >= 0.3 is 5.69 Å². The van der Waals surface area contributed by atoms with Gasteiger partial charge in [-0.15, -0.1) is 0 Å². The second-order valence-corrected chi connectivity index (χ2v) is 7.41. The number of H-pyrrole nitrogens is 1. The first-order chi connectivity index (χ1) is 13.5. The largest absolute Gasteiger partial charge is 0.490 e. The van der Waals surface area contributed by atoms with Gasteiger partial charge in [0.2, 0.25) is 5.91 Å². The summed E-state index contributed by atoms with van der Waals surface area (Å²) in [4.78, 5) is 33.1. The summed E-state index contributed by atoms with van der Waals surface area (Å²) in [7, 11) is 0. The van der Waals surface area contributed by atoms with Gasteiger partial charge < -0.3 is 19.4 Å². The highest BCUT2D eigenvalue weighted by Gasteiger charge is 2.31. The number of aromatic amines is 1. The molecule has 2 aliphatic heterocycles. The Morgan fingerprint density at radius 3 is 2.79 bits per heavy atom. The van der Waals surface area contributed by atoms with E-state index in [9.17, 15) is 9.59 Å². The lowest BCUT2D eigenvalue weighted by molar-refractivity contribution is -0.131. The van der Waals surface area contributed by atoms with Gasteiger partial charge in [-0.1, -0.05) is 6.07 Å². The van der Waals surface area contributed by atoms with E-state index in [-0.39, 0.29) is 24.1 Å². The SMILES string of the molecule is Cc1nc(=O)[nH]c(C)c1CC(=O)N1CCC[C@H]1c1ccc2c(c1)OCCCO2. The summed E-state index contributed by atoms with van der Waals surface area (Å²) < 4.78 is 11.5. The molecule has 0 saturated carbocycles. The molecule has 1 N–H and O–H groups in total. The number of likely N-dealkylation sites (tertiary alicyclic amines) is 1. The minimum absolute atomic E-state index is 0.0287. The molecule has 0 radical (unpaired) electrons. The first-order valence-corrected chi connectivity index (χ1v) is 9.78. The van der Waals surface area contributed by atoms with E-state index >= 15 is 0 Å². The van der Waals surface area contributed by atoms with Crippen molar-refractivity contribution in [3.05, 3.63) is 51.2 Å². The van der Waals surface area contributed by atoms with Gasteiger partial charge in [-0.25, -0.2) is 4.79 Å². The number of benzene rings is 1. The average molecular weight is 383 g/mol. The molecule has 1 amide bonds. The molecule has 2 aliphatic rings. The number of carbonyl (C=O) groups excluding carboxylic acids is 1. The van der Waals surface area contributed by atoms with Crippen LogP contribution in [0.1, 0.15) is 47.8 Å². The number of nitrogens with zero attached hydrogens (tertiary/aromatic N) is 2. The van der Waals surface area contributed by atoms with E-state index in [1.165, 1.54) is 0 Å². The quantitative estimate of drug-likeness (QED) is 0.880. The molecule has 28 heavy (non-hydrogen) atoms. The lowest BCUT2D eigenvalue weighted by Crippen LogP contribution is -2.32. The van der Waals surface area contributed by atoms with Crippen molar-refractivity contribution in [3.63, 3.8) is 0 Å². The van der Waals surface area contributed by atoms with Crippen LogP contribution in [-0.2, 0) is 11.2 Å². The fourth-order valence-electron chi connectivity index (χ4n) is 4.07. The van der Waals surface area contributed by atoms with Crippen LogP contribution in [0.3, 0.4) is 0 Å². The first-order valence-electron chi connectivity index (χ1n) is 9.78. The van der Waals surface area contributed by atoms with Crippen molar-refractivity contribution in [3.8, 4) is 11.5 Å². The number of hydrogen-bond donors (Lipinski definition) is 1. The molecule has 4 rings (SSSR count). The van der Waals surface area contributed by atoms with Crippen molar-refractivity contribution in [2.24, 2.45) is 0 Å². The van der Waals surface area contributed by atoms with Crippen molar-refractivity contribution in [2.45, 2.75) is 45.6 Å². The summed E-state index contributed by atoms with van der Waals surface area (Å²) in [6.07, 6.45) is 2.99. The molecule has 1 aromatic heterocycles. The zero-order chi connectivity index (χ0) is 19.7. The second-order valence-electron chi connectivity index (χ2n) is 7.41. The number of hydrogen-bond acceptors (Lipinski definition) is 5. The molecule has 1 saturated heterocycles. The van der Waals surface area contributed by atoms with Crippen LogP contribution in [0.2, 0.25) is 0 Å². The highest BCUT2D eigenvalue weighted by molar-refractivity contribution is 5.80. The Bertz CT molecular complexity index is 927. The smallest absolute Gasteiger partial charge is 0.345 e. The van der Waals surface area contributed by atoms with Crippen molar-refractivity contribution in [1.82, 2.24) is 14.9 Å². The average Bonchev–Trinajstić information content (AvgIpc) is 3.03.